The minimum atomic E-state index is -1.19. The summed E-state index contributed by atoms with van der Waals surface area (Å²) < 4.78 is 13.6. The molecule has 1 aromatic carbocycles. The summed E-state index contributed by atoms with van der Waals surface area (Å²) in [5, 5.41) is 14.9. The maximum absolute atomic E-state index is 13.6. The normalized spacial score (nSPS) is 13.8. The molecular weight excluding hydrogens is 301 g/mol. The van der Waals surface area contributed by atoms with Crippen LogP contribution >= 0.6 is 22.9 Å². The van der Waals surface area contributed by atoms with Gasteiger partial charge in [-0.15, -0.1) is 11.3 Å². The van der Waals surface area contributed by atoms with Crippen LogP contribution in [0.2, 0.25) is 5.02 Å². The van der Waals surface area contributed by atoms with E-state index in [0.717, 1.165) is 10.9 Å². The molecule has 0 aliphatic carbocycles. The third-order valence-electron chi connectivity index (χ3n) is 2.82. The van der Waals surface area contributed by atoms with Crippen molar-refractivity contribution in [2.24, 2.45) is 0 Å². The monoisotopic (exact) mass is 313 g/mol. The number of rotatable bonds is 4. The van der Waals surface area contributed by atoms with E-state index in [0.29, 0.717) is 0 Å². The zero-order chi connectivity index (χ0) is 14.8. The van der Waals surface area contributed by atoms with Crippen LogP contribution < -0.4 is 5.32 Å². The van der Waals surface area contributed by atoms with E-state index in [4.69, 9.17) is 11.6 Å². The van der Waals surface area contributed by atoms with Gasteiger partial charge in [0.15, 0.2) is 0 Å². The van der Waals surface area contributed by atoms with E-state index in [1.165, 1.54) is 23.5 Å². The molecule has 0 saturated carbocycles. The molecule has 0 radical (unpaired) electrons. The van der Waals surface area contributed by atoms with Crippen LogP contribution in [0.1, 0.15) is 22.2 Å². The number of hydrogen-bond acceptors (Lipinski definition) is 3. The summed E-state index contributed by atoms with van der Waals surface area (Å²) in [6.07, 6.45) is 0. The van der Waals surface area contributed by atoms with Crippen LogP contribution in [-0.2, 0) is 5.60 Å². The highest BCUT2D eigenvalue weighted by Crippen LogP contribution is 2.24. The van der Waals surface area contributed by atoms with E-state index in [1.807, 2.05) is 11.4 Å². The molecule has 1 amide bonds. The molecule has 3 nitrogen and oxygen atoms in total. The largest absolute Gasteiger partial charge is 0.383 e. The van der Waals surface area contributed by atoms with Crippen LogP contribution in [0.5, 0.6) is 0 Å². The Morgan fingerprint density at radius 3 is 2.85 bits per heavy atom. The Labute approximate surface area is 125 Å². The lowest BCUT2D eigenvalue weighted by molar-refractivity contribution is 0.0555. The summed E-state index contributed by atoms with van der Waals surface area (Å²) in [6, 6.07) is 7.42. The summed E-state index contributed by atoms with van der Waals surface area (Å²) in [7, 11) is 0. The Morgan fingerprint density at radius 2 is 2.25 bits per heavy atom. The van der Waals surface area contributed by atoms with Crippen LogP contribution in [0, 0.1) is 5.82 Å². The van der Waals surface area contributed by atoms with Crippen molar-refractivity contribution in [3.8, 4) is 0 Å². The van der Waals surface area contributed by atoms with E-state index in [-0.39, 0.29) is 17.1 Å². The first-order chi connectivity index (χ1) is 9.40. The maximum atomic E-state index is 13.6. The lowest BCUT2D eigenvalue weighted by Gasteiger charge is -2.22. The Morgan fingerprint density at radius 1 is 1.50 bits per heavy atom. The molecule has 1 unspecified atom stereocenters. The fourth-order valence-electron chi connectivity index (χ4n) is 1.69. The molecule has 2 N–H and O–H groups in total. The van der Waals surface area contributed by atoms with Gasteiger partial charge in [-0.2, -0.15) is 0 Å². The summed E-state index contributed by atoms with van der Waals surface area (Å²) in [5.74, 6) is -1.28. The summed E-state index contributed by atoms with van der Waals surface area (Å²) in [4.78, 5) is 12.6. The second-order valence-corrected chi connectivity index (χ2v) is 5.94. The van der Waals surface area contributed by atoms with Crippen molar-refractivity contribution in [2.45, 2.75) is 12.5 Å². The zero-order valence-electron chi connectivity index (χ0n) is 10.7. The Bertz CT molecular complexity index is 614. The lowest BCUT2D eigenvalue weighted by atomic mass is 10.0. The van der Waals surface area contributed by atoms with Gasteiger partial charge in [0.1, 0.15) is 11.4 Å². The van der Waals surface area contributed by atoms with Gasteiger partial charge in [-0.3, -0.25) is 4.79 Å². The smallest absolute Gasteiger partial charge is 0.254 e. The molecule has 0 saturated heterocycles. The van der Waals surface area contributed by atoms with Crippen molar-refractivity contribution < 1.29 is 14.3 Å². The van der Waals surface area contributed by atoms with Crippen LogP contribution in [0.3, 0.4) is 0 Å². The van der Waals surface area contributed by atoms with Crippen molar-refractivity contribution in [3.63, 3.8) is 0 Å². The fourth-order valence-corrected chi connectivity index (χ4v) is 2.64. The highest BCUT2D eigenvalue weighted by Gasteiger charge is 2.25. The molecule has 1 aromatic heterocycles. The molecule has 20 heavy (non-hydrogen) atoms. The van der Waals surface area contributed by atoms with Gasteiger partial charge >= 0.3 is 0 Å². The van der Waals surface area contributed by atoms with Crippen LogP contribution in [-0.4, -0.2) is 17.6 Å². The summed E-state index contributed by atoms with van der Waals surface area (Å²) in [6.45, 7) is 1.59. The van der Waals surface area contributed by atoms with Crippen molar-refractivity contribution in [1.29, 1.82) is 0 Å². The third kappa shape index (κ3) is 3.36. The van der Waals surface area contributed by atoms with Gasteiger partial charge in [-0.1, -0.05) is 17.7 Å². The number of carbonyl (C=O) groups is 1. The second-order valence-electron chi connectivity index (χ2n) is 4.56. The molecule has 0 fully saturated rings. The van der Waals surface area contributed by atoms with Gasteiger partial charge in [0.25, 0.3) is 5.91 Å². The number of carbonyl (C=O) groups excluding carboxylic acids is 1. The fraction of sp³-hybridized carbons (Fsp3) is 0.214. The minimum Gasteiger partial charge on any atom is -0.383 e. The Kier molecular flexibility index (Phi) is 4.42. The van der Waals surface area contributed by atoms with Gasteiger partial charge in [0.05, 0.1) is 12.1 Å². The standard InChI is InChI=1S/C14H13ClFNO2S/c1-14(19,12-3-2-6-20-12)8-17-13(18)10-5-4-9(15)7-11(10)16/h2-7,19H,8H2,1H3,(H,17,18). The number of amides is 1. The molecule has 0 aliphatic heterocycles. The van der Waals surface area contributed by atoms with Gasteiger partial charge in [-0.25, -0.2) is 4.39 Å². The number of halogens is 2. The molecule has 2 rings (SSSR count). The molecule has 0 aliphatic rings. The van der Waals surface area contributed by atoms with E-state index < -0.39 is 17.3 Å². The van der Waals surface area contributed by atoms with Gasteiger partial charge in [0.2, 0.25) is 0 Å². The van der Waals surface area contributed by atoms with Gasteiger partial charge in [-0.05, 0) is 36.6 Å². The van der Waals surface area contributed by atoms with Gasteiger partial charge in [0, 0.05) is 9.90 Å². The quantitative estimate of drug-likeness (QED) is 0.911. The topological polar surface area (TPSA) is 49.3 Å². The number of nitrogens with one attached hydrogen (secondary N) is 1. The predicted molar refractivity (Wildman–Crippen MR) is 77.6 cm³/mol. The first-order valence-electron chi connectivity index (χ1n) is 5.90. The molecule has 6 heteroatoms. The van der Waals surface area contributed by atoms with Crippen molar-refractivity contribution in [2.75, 3.05) is 6.54 Å². The lowest BCUT2D eigenvalue weighted by Crippen LogP contribution is -2.38. The van der Waals surface area contributed by atoms with E-state index in [1.54, 1.807) is 13.0 Å². The molecule has 1 atom stereocenters. The second kappa shape index (κ2) is 5.91. The number of thiophene rings is 1. The Hall–Kier alpha value is -1.43. The van der Waals surface area contributed by atoms with E-state index in [9.17, 15) is 14.3 Å². The average molecular weight is 314 g/mol. The van der Waals surface area contributed by atoms with Crippen LogP contribution in [0.4, 0.5) is 4.39 Å². The van der Waals surface area contributed by atoms with Crippen molar-refractivity contribution in [3.05, 3.63) is 57.0 Å². The SMILES string of the molecule is CC(O)(CNC(=O)c1ccc(Cl)cc1F)c1cccs1. The molecule has 1 heterocycles. The summed E-state index contributed by atoms with van der Waals surface area (Å²) >= 11 is 7.02. The van der Waals surface area contributed by atoms with Crippen molar-refractivity contribution >= 4 is 28.8 Å². The van der Waals surface area contributed by atoms with E-state index >= 15 is 0 Å². The summed E-state index contributed by atoms with van der Waals surface area (Å²) in [5.41, 5.74) is -1.29. The molecular formula is C14H13ClFNO2S. The highest BCUT2D eigenvalue weighted by atomic mass is 35.5. The zero-order valence-corrected chi connectivity index (χ0v) is 12.3. The highest BCUT2D eigenvalue weighted by molar-refractivity contribution is 7.10. The Balaban J connectivity index is 2.05. The number of hydrogen-bond donors (Lipinski definition) is 2. The van der Waals surface area contributed by atoms with Gasteiger partial charge < -0.3 is 10.4 Å². The van der Waals surface area contributed by atoms with Crippen LogP contribution in [0.25, 0.3) is 0 Å². The van der Waals surface area contributed by atoms with E-state index in [2.05, 4.69) is 5.32 Å². The molecule has 0 bridgehead atoms. The molecule has 106 valence electrons. The van der Waals surface area contributed by atoms with Crippen LogP contribution in [0.15, 0.2) is 35.7 Å². The number of aliphatic hydroxyl groups is 1. The molecule has 2 aromatic rings. The first kappa shape index (κ1) is 15.0. The number of benzene rings is 1. The predicted octanol–water partition coefficient (Wildman–Crippen LogP) is 3.18. The minimum absolute atomic E-state index is 0.00554. The maximum Gasteiger partial charge on any atom is 0.254 e. The third-order valence-corrected chi connectivity index (χ3v) is 4.18. The average Bonchev–Trinajstić information content (AvgIpc) is 2.90. The van der Waals surface area contributed by atoms with Crippen molar-refractivity contribution in [1.82, 2.24) is 5.32 Å². The molecule has 0 spiro atoms. The first-order valence-corrected chi connectivity index (χ1v) is 7.15.